The Morgan fingerprint density at radius 1 is 1.08 bits per heavy atom. The first-order chi connectivity index (χ1) is 12.4. The minimum atomic E-state index is 0.246. The number of dihydropyridines is 1. The molecule has 0 aromatic heterocycles. The Morgan fingerprint density at radius 3 is 2.54 bits per heavy atom. The van der Waals surface area contributed by atoms with Crippen molar-refractivity contribution in [3.05, 3.63) is 77.5 Å². The van der Waals surface area contributed by atoms with Crippen LogP contribution in [0.4, 0.5) is 0 Å². The molecular formula is C24H29NS. The van der Waals surface area contributed by atoms with Gasteiger partial charge in [-0.15, -0.1) is 11.8 Å². The van der Waals surface area contributed by atoms with Gasteiger partial charge in [0.05, 0.1) is 6.04 Å². The molecule has 0 fully saturated rings. The Morgan fingerprint density at radius 2 is 1.88 bits per heavy atom. The third-order valence-electron chi connectivity index (χ3n) is 4.73. The van der Waals surface area contributed by atoms with Gasteiger partial charge in [-0.1, -0.05) is 63.3 Å². The monoisotopic (exact) mass is 363 g/mol. The second-order valence-corrected chi connectivity index (χ2v) is 9.01. The lowest BCUT2D eigenvalue weighted by Crippen LogP contribution is -2.16. The molecule has 1 heterocycles. The van der Waals surface area contributed by atoms with Gasteiger partial charge in [0.15, 0.2) is 0 Å². The summed E-state index contributed by atoms with van der Waals surface area (Å²) in [5.74, 6) is 0. The fraction of sp³-hybridized carbons (Fsp3) is 0.333. The fourth-order valence-electron chi connectivity index (χ4n) is 3.55. The maximum atomic E-state index is 3.45. The second kappa shape index (κ2) is 7.75. The number of hydrogen-bond donors (Lipinski definition) is 1. The fourth-order valence-corrected chi connectivity index (χ4v) is 4.35. The van der Waals surface area contributed by atoms with Gasteiger partial charge >= 0.3 is 0 Å². The molecule has 0 saturated heterocycles. The summed E-state index contributed by atoms with van der Waals surface area (Å²) in [6, 6.07) is 13.9. The molecule has 1 unspecified atom stereocenters. The smallest absolute Gasteiger partial charge is 0.0698 e. The SMILES string of the molecule is CSc1c(CC(C)(C)C)cccc1-c1ccc(C)c(C2C=CC=CN2)c1. The van der Waals surface area contributed by atoms with E-state index in [1.54, 1.807) is 0 Å². The molecule has 2 aromatic rings. The molecule has 1 atom stereocenters. The zero-order valence-electron chi connectivity index (χ0n) is 16.5. The number of rotatable bonds is 4. The minimum Gasteiger partial charge on any atom is -0.381 e. The van der Waals surface area contributed by atoms with E-state index in [-0.39, 0.29) is 11.5 Å². The normalized spacial score (nSPS) is 16.6. The van der Waals surface area contributed by atoms with E-state index >= 15 is 0 Å². The van der Waals surface area contributed by atoms with Crippen molar-refractivity contribution >= 4 is 11.8 Å². The van der Waals surface area contributed by atoms with Crippen molar-refractivity contribution in [3.8, 4) is 11.1 Å². The molecule has 0 aliphatic carbocycles. The highest BCUT2D eigenvalue weighted by Gasteiger charge is 2.18. The van der Waals surface area contributed by atoms with Crippen LogP contribution in [0.2, 0.25) is 0 Å². The average Bonchev–Trinajstić information content (AvgIpc) is 2.61. The molecule has 0 spiro atoms. The van der Waals surface area contributed by atoms with Gasteiger partial charge in [0.25, 0.3) is 0 Å². The maximum absolute atomic E-state index is 3.45. The highest BCUT2D eigenvalue weighted by atomic mass is 32.2. The van der Waals surface area contributed by atoms with E-state index in [1.165, 1.54) is 32.7 Å². The van der Waals surface area contributed by atoms with Crippen molar-refractivity contribution in [1.82, 2.24) is 5.32 Å². The van der Waals surface area contributed by atoms with E-state index < -0.39 is 0 Å². The largest absolute Gasteiger partial charge is 0.381 e. The molecule has 1 N–H and O–H groups in total. The summed E-state index contributed by atoms with van der Waals surface area (Å²) in [6.45, 7) is 9.12. The molecule has 1 aliphatic rings. The molecule has 2 aromatic carbocycles. The Bertz CT molecular complexity index is 840. The van der Waals surface area contributed by atoms with Crippen molar-refractivity contribution in [2.24, 2.45) is 5.41 Å². The van der Waals surface area contributed by atoms with Crippen molar-refractivity contribution in [2.75, 3.05) is 6.26 Å². The molecule has 1 nitrogen and oxygen atoms in total. The van der Waals surface area contributed by atoms with Crippen LogP contribution in [-0.4, -0.2) is 6.26 Å². The molecule has 0 saturated carbocycles. The standard InChI is InChI=1S/C24H29NS/c1-17-12-13-18(15-21(17)22-11-6-7-14-25-22)20-10-8-9-19(23(20)26-5)16-24(2,3)4/h6-15,22,25H,16H2,1-5H3. The second-order valence-electron chi connectivity index (χ2n) is 8.20. The van der Waals surface area contributed by atoms with Gasteiger partial charge in [0.1, 0.15) is 0 Å². The molecule has 3 rings (SSSR count). The van der Waals surface area contributed by atoms with Crippen molar-refractivity contribution in [3.63, 3.8) is 0 Å². The van der Waals surface area contributed by atoms with Crippen LogP contribution in [0.3, 0.4) is 0 Å². The zero-order valence-corrected chi connectivity index (χ0v) is 17.3. The summed E-state index contributed by atoms with van der Waals surface area (Å²) in [5, 5.41) is 3.45. The van der Waals surface area contributed by atoms with Crippen LogP contribution in [0.1, 0.15) is 43.5 Å². The van der Waals surface area contributed by atoms with E-state index in [9.17, 15) is 0 Å². The van der Waals surface area contributed by atoms with Gasteiger partial charge in [0.2, 0.25) is 0 Å². The van der Waals surface area contributed by atoms with Crippen LogP contribution >= 0.6 is 11.8 Å². The first-order valence-electron chi connectivity index (χ1n) is 9.25. The van der Waals surface area contributed by atoms with Gasteiger partial charge in [-0.25, -0.2) is 0 Å². The molecule has 26 heavy (non-hydrogen) atoms. The highest BCUT2D eigenvalue weighted by molar-refractivity contribution is 7.98. The molecule has 2 heteroatoms. The van der Waals surface area contributed by atoms with Gasteiger partial charge in [0, 0.05) is 4.90 Å². The third-order valence-corrected chi connectivity index (χ3v) is 5.62. The van der Waals surface area contributed by atoms with Crippen molar-refractivity contribution in [2.45, 2.75) is 45.1 Å². The molecule has 0 amide bonds. The van der Waals surface area contributed by atoms with Crippen LogP contribution in [0.15, 0.2) is 65.7 Å². The quantitative estimate of drug-likeness (QED) is 0.608. The topological polar surface area (TPSA) is 12.0 Å². The van der Waals surface area contributed by atoms with Gasteiger partial charge < -0.3 is 5.32 Å². The lowest BCUT2D eigenvalue weighted by molar-refractivity contribution is 0.408. The lowest BCUT2D eigenvalue weighted by atomic mass is 9.86. The average molecular weight is 364 g/mol. The van der Waals surface area contributed by atoms with Crippen molar-refractivity contribution in [1.29, 1.82) is 0 Å². The predicted molar refractivity (Wildman–Crippen MR) is 116 cm³/mol. The zero-order chi connectivity index (χ0) is 18.7. The number of hydrogen-bond acceptors (Lipinski definition) is 2. The van der Waals surface area contributed by atoms with Crippen LogP contribution in [0.5, 0.6) is 0 Å². The number of aryl methyl sites for hydroxylation is 1. The summed E-state index contributed by atoms with van der Waals surface area (Å²) in [6.07, 6.45) is 11.7. The van der Waals surface area contributed by atoms with E-state index in [0.717, 1.165) is 6.42 Å². The Balaban J connectivity index is 2.05. The summed E-state index contributed by atoms with van der Waals surface area (Å²) >= 11 is 1.86. The van der Waals surface area contributed by atoms with Gasteiger partial charge in [-0.05, 0) is 71.2 Å². The Labute approximate surface area is 162 Å². The predicted octanol–water partition coefficient (Wildman–Crippen LogP) is 6.69. The highest BCUT2D eigenvalue weighted by Crippen LogP contribution is 2.37. The van der Waals surface area contributed by atoms with E-state index in [2.05, 4.69) is 87.8 Å². The van der Waals surface area contributed by atoms with E-state index in [1.807, 2.05) is 24.0 Å². The number of allylic oxidation sites excluding steroid dienone is 2. The minimum absolute atomic E-state index is 0.246. The molecule has 1 aliphatic heterocycles. The first-order valence-corrected chi connectivity index (χ1v) is 10.5. The molecule has 0 radical (unpaired) electrons. The Kier molecular flexibility index (Phi) is 5.62. The molecule has 0 bridgehead atoms. The van der Waals surface area contributed by atoms with Crippen LogP contribution in [-0.2, 0) is 6.42 Å². The number of benzene rings is 2. The summed E-state index contributed by atoms with van der Waals surface area (Å²) in [4.78, 5) is 1.41. The first kappa shape index (κ1) is 18.8. The summed E-state index contributed by atoms with van der Waals surface area (Å²) in [7, 11) is 0. The number of nitrogens with one attached hydrogen (secondary N) is 1. The lowest BCUT2D eigenvalue weighted by Gasteiger charge is -2.23. The maximum Gasteiger partial charge on any atom is 0.0698 e. The molecular weight excluding hydrogens is 334 g/mol. The molecule has 136 valence electrons. The van der Waals surface area contributed by atoms with Gasteiger partial charge in [-0.2, -0.15) is 0 Å². The summed E-state index contributed by atoms with van der Waals surface area (Å²) < 4.78 is 0. The van der Waals surface area contributed by atoms with Crippen LogP contribution in [0.25, 0.3) is 11.1 Å². The van der Waals surface area contributed by atoms with Crippen LogP contribution < -0.4 is 5.32 Å². The Hall–Kier alpha value is -1.93. The summed E-state index contributed by atoms with van der Waals surface area (Å²) in [5.41, 5.74) is 7.04. The van der Waals surface area contributed by atoms with E-state index in [0.29, 0.717) is 0 Å². The van der Waals surface area contributed by atoms with Gasteiger partial charge in [-0.3, -0.25) is 0 Å². The number of thioether (sulfide) groups is 1. The van der Waals surface area contributed by atoms with E-state index in [4.69, 9.17) is 0 Å². The van der Waals surface area contributed by atoms with Crippen LogP contribution in [0, 0.1) is 12.3 Å². The third kappa shape index (κ3) is 4.24. The van der Waals surface area contributed by atoms with Crippen molar-refractivity contribution < 1.29 is 0 Å².